The number of benzene rings is 1. The molecule has 148 valence electrons. The zero-order chi connectivity index (χ0) is 17.4. The minimum absolute atomic E-state index is 0. The van der Waals surface area contributed by atoms with Gasteiger partial charge in [-0.15, -0.1) is 24.8 Å². The third kappa shape index (κ3) is 4.31. The molecule has 1 aromatic carbocycles. The van der Waals surface area contributed by atoms with Crippen molar-refractivity contribution in [3.8, 4) is 5.75 Å². The molecule has 7 nitrogen and oxygen atoms in total. The summed E-state index contributed by atoms with van der Waals surface area (Å²) in [6, 6.07) is 5.80. The van der Waals surface area contributed by atoms with Crippen LogP contribution < -0.4 is 20.3 Å². The molecule has 1 aromatic heterocycles. The molecule has 9 heteroatoms. The SMILES string of the molecule is CN1CCOc2ccc(NC(=O)[C@H]3CNC[C@@H]3c3cnn(C)c3)cc21.Cl.Cl. The van der Waals surface area contributed by atoms with Crippen molar-refractivity contribution in [2.24, 2.45) is 13.0 Å². The lowest BCUT2D eigenvalue weighted by Gasteiger charge is -2.28. The van der Waals surface area contributed by atoms with Crippen molar-refractivity contribution in [2.45, 2.75) is 5.92 Å². The van der Waals surface area contributed by atoms with Gasteiger partial charge in [0.25, 0.3) is 0 Å². The molecule has 2 aliphatic heterocycles. The highest BCUT2D eigenvalue weighted by Crippen LogP contribution is 2.34. The summed E-state index contributed by atoms with van der Waals surface area (Å²) < 4.78 is 7.44. The number of nitrogens with one attached hydrogen (secondary N) is 2. The maximum absolute atomic E-state index is 12.8. The fourth-order valence-electron chi connectivity index (χ4n) is 3.60. The van der Waals surface area contributed by atoms with Gasteiger partial charge in [-0.3, -0.25) is 9.48 Å². The van der Waals surface area contributed by atoms with E-state index in [0.717, 1.165) is 35.8 Å². The lowest BCUT2D eigenvalue weighted by molar-refractivity contribution is -0.119. The van der Waals surface area contributed by atoms with Gasteiger partial charge < -0.3 is 20.3 Å². The fraction of sp³-hybridized carbons (Fsp3) is 0.444. The molecule has 0 unspecified atom stereocenters. The zero-order valence-electron chi connectivity index (χ0n) is 15.3. The minimum Gasteiger partial charge on any atom is -0.490 e. The number of aryl methyl sites for hydroxylation is 1. The van der Waals surface area contributed by atoms with E-state index in [1.165, 1.54) is 0 Å². The molecular formula is C18H25Cl2N5O2. The number of ether oxygens (including phenoxy) is 1. The van der Waals surface area contributed by atoms with Crippen LogP contribution in [0.15, 0.2) is 30.6 Å². The first-order valence-electron chi connectivity index (χ1n) is 8.60. The average molecular weight is 414 g/mol. The summed E-state index contributed by atoms with van der Waals surface area (Å²) in [4.78, 5) is 15.0. The molecule has 1 fully saturated rings. The first-order valence-corrected chi connectivity index (χ1v) is 8.60. The first-order chi connectivity index (χ1) is 12.1. The van der Waals surface area contributed by atoms with Gasteiger partial charge in [-0.05, 0) is 23.8 Å². The molecule has 0 bridgehead atoms. The molecule has 2 aliphatic rings. The monoisotopic (exact) mass is 413 g/mol. The molecule has 2 atom stereocenters. The van der Waals surface area contributed by atoms with Gasteiger partial charge in [-0.1, -0.05) is 0 Å². The van der Waals surface area contributed by atoms with Gasteiger partial charge in [0, 0.05) is 45.0 Å². The van der Waals surface area contributed by atoms with Gasteiger partial charge >= 0.3 is 0 Å². The smallest absolute Gasteiger partial charge is 0.229 e. The molecule has 0 radical (unpaired) electrons. The quantitative estimate of drug-likeness (QED) is 0.805. The third-order valence-electron chi connectivity index (χ3n) is 5.03. The summed E-state index contributed by atoms with van der Waals surface area (Å²) in [6.45, 7) is 3.01. The van der Waals surface area contributed by atoms with Crippen molar-refractivity contribution < 1.29 is 9.53 Å². The molecular weight excluding hydrogens is 389 g/mol. The van der Waals surface area contributed by atoms with Crippen LogP contribution in [-0.4, -0.2) is 49.0 Å². The van der Waals surface area contributed by atoms with Crippen molar-refractivity contribution in [1.82, 2.24) is 15.1 Å². The summed E-state index contributed by atoms with van der Waals surface area (Å²) in [7, 11) is 3.93. The van der Waals surface area contributed by atoms with E-state index in [0.29, 0.717) is 13.2 Å². The highest BCUT2D eigenvalue weighted by atomic mass is 35.5. The predicted molar refractivity (Wildman–Crippen MR) is 111 cm³/mol. The van der Waals surface area contributed by atoms with Crippen LogP contribution in [0.1, 0.15) is 11.5 Å². The molecule has 27 heavy (non-hydrogen) atoms. The van der Waals surface area contributed by atoms with Crippen LogP contribution in [-0.2, 0) is 11.8 Å². The van der Waals surface area contributed by atoms with Crippen LogP contribution in [0.5, 0.6) is 5.75 Å². The number of aromatic nitrogens is 2. The second kappa shape index (κ2) is 8.82. The summed E-state index contributed by atoms with van der Waals surface area (Å²) in [5, 5.41) is 10.6. The Morgan fingerprint density at radius 3 is 2.85 bits per heavy atom. The Bertz CT molecular complexity index is 798. The first kappa shape index (κ1) is 21.3. The number of anilines is 2. The Hall–Kier alpha value is -1.96. The number of rotatable bonds is 3. The largest absolute Gasteiger partial charge is 0.490 e. The van der Waals surface area contributed by atoms with Crippen LogP contribution in [0.25, 0.3) is 0 Å². The van der Waals surface area contributed by atoms with Gasteiger partial charge in [0.05, 0.1) is 24.3 Å². The van der Waals surface area contributed by atoms with Gasteiger partial charge in [-0.2, -0.15) is 5.10 Å². The van der Waals surface area contributed by atoms with E-state index in [-0.39, 0.29) is 42.6 Å². The van der Waals surface area contributed by atoms with E-state index < -0.39 is 0 Å². The molecule has 4 rings (SSSR count). The Morgan fingerprint density at radius 2 is 2.11 bits per heavy atom. The number of hydrogen-bond acceptors (Lipinski definition) is 5. The Labute approximate surface area is 171 Å². The molecule has 2 N–H and O–H groups in total. The Balaban J connectivity index is 0.00000131. The van der Waals surface area contributed by atoms with Gasteiger partial charge in [0.1, 0.15) is 12.4 Å². The normalized spacial score (nSPS) is 20.7. The average Bonchev–Trinajstić information content (AvgIpc) is 3.24. The van der Waals surface area contributed by atoms with Crippen LogP contribution in [0.3, 0.4) is 0 Å². The number of carbonyl (C=O) groups is 1. The summed E-state index contributed by atoms with van der Waals surface area (Å²) in [5.41, 5.74) is 2.92. The van der Waals surface area contributed by atoms with Gasteiger partial charge in [-0.25, -0.2) is 0 Å². The van der Waals surface area contributed by atoms with Crippen LogP contribution in [0, 0.1) is 5.92 Å². The van der Waals surface area contributed by atoms with E-state index >= 15 is 0 Å². The number of halogens is 2. The number of likely N-dealkylation sites (N-methyl/N-ethyl adjacent to an activating group) is 1. The highest BCUT2D eigenvalue weighted by Gasteiger charge is 2.34. The molecule has 2 aromatic rings. The predicted octanol–water partition coefficient (Wildman–Crippen LogP) is 2.03. The maximum Gasteiger partial charge on any atom is 0.229 e. The topological polar surface area (TPSA) is 71.4 Å². The van der Waals surface area contributed by atoms with Crippen molar-refractivity contribution in [1.29, 1.82) is 0 Å². The number of carbonyl (C=O) groups excluding carboxylic acids is 1. The maximum atomic E-state index is 12.8. The standard InChI is InChI=1S/C18H23N5O2.2ClH/c1-22-5-6-25-17-4-3-13(7-16(17)22)21-18(24)15-10-19-9-14(15)12-8-20-23(2)11-12;;/h3-4,7-8,11,14-15,19H,5-6,9-10H2,1-2H3,(H,21,24);2*1H/t14-,15+;;/m1../s1. The van der Waals surface area contributed by atoms with E-state index in [1.807, 2.05) is 44.7 Å². The Kier molecular flexibility index (Phi) is 6.97. The van der Waals surface area contributed by atoms with Crippen LogP contribution >= 0.6 is 24.8 Å². The van der Waals surface area contributed by atoms with E-state index in [1.54, 1.807) is 4.68 Å². The van der Waals surface area contributed by atoms with Gasteiger partial charge in [0.2, 0.25) is 5.91 Å². The Morgan fingerprint density at radius 1 is 1.30 bits per heavy atom. The number of amides is 1. The lowest BCUT2D eigenvalue weighted by Crippen LogP contribution is -2.30. The van der Waals surface area contributed by atoms with Crippen molar-refractivity contribution >= 4 is 42.1 Å². The second-order valence-corrected chi connectivity index (χ2v) is 6.76. The third-order valence-corrected chi connectivity index (χ3v) is 5.03. The van der Waals surface area contributed by atoms with Crippen molar-refractivity contribution in [3.63, 3.8) is 0 Å². The summed E-state index contributed by atoms with van der Waals surface area (Å²) in [6.07, 6.45) is 3.84. The van der Waals surface area contributed by atoms with E-state index in [4.69, 9.17) is 4.74 Å². The minimum atomic E-state index is -0.103. The van der Waals surface area contributed by atoms with E-state index in [9.17, 15) is 4.79 Å². The summed E-state index contributed by atoms with van der Waals surface area (Å²) in [5.74, 6) is 0.951. The van der Waals surface area contributed by atoms with Crippen LogP contribution in [0.4, 0.5) is 11.4 Å². The van der Waals surface area contributed by atoms with Crippen molar-refractivity contribution in [2.75, 3.05) is 43.5 Å². The molecule has 1 amide bonds. The second-order valence-electron chi connectivity index (χ2n) is 6.76. The molecule has 0 saturated carbocycles. The number of nitrogens with zero attached hydrogens (tertiary/aromatic N) is 3. The van der Waals surface area contributed by atoms with Crippen molar-refractivity contribution in [3.05, 3.63) is 36.2 Å². The highest BCUT2D eigenvalue weighted by molar-refractivity contribution is 5.94. The molecule has 0 spiro atoms. The molecule has 3 heterocycles. The number of fused-ring (bicyclic) bond motifs is 1. The van der Waals surface area contributed by atoms with Crippen LogP contribution in [0.2, 0.25) is 0 Å². The summed E-state index contributed by atoms with van der Waals surface area (Å²) >= 11 is 0. The number of hydrogen-bond donors (Lipinski definition) is 2. The zero-order valence-corrected chi connectivity index (χ0v) is 17.0. The molecule has 0 aliphatic carbocycles. The lowest BCUT2D eigenvalue weighted by atomic mass is 9.90. The van der Waals surface area contributed by atoms with Gasteiger partial charge in [0.15, 0.2) is 0 Å². The van der Waals surface area contributed by atoms with E-state index in [2.05, 4.69) is 20.6 Å². The fourth-order valence-corrected chi connectivity index (χ4v) is 3.60. The molecule has 1 saturated heterocycles.